The van der Waals surface area contributed by atoms with Crippen molar-refractivity contribution in [3.05, 3.63) is 54.7 Å². The fourth-order valence-corrected chi connectivity index (χ4v) is 3.23. The van der Waals surface area contributed by atoms with Crippen molar-refractivity contribution in [1.82, 2.24) is 34.3 Å². The first-order valence-electron chi connectivity index (χ1n) is 8.58. The van der Waals surface area contributed by atoms with Crippen molar-refractivity contribution in [3.63, 3.8) is 0 Å². The lowest BCUT2D eigenvalue weighted by atomic mass is 9.94. The number of hydrogen-bond donors (Lipinski definition) is 2. The number of nitrogen functional groups attached to an aromatic ring is 1. The molecule has 0 radical (unpaired) electrons. The lowest BCUT2D eigenvalue weighted by molar-refractivity contribution is -0.144. The van der Waals surface area contributed by atoms with Crippen LogP contribution in [0.5, 0.6) is 0 Å². The normalized spacial score (nSPS) is 13.7. The first kappa shape index (κ1) is 16.9. The van der Waals surface area contributed by atoms with E-state index in [-0.39, 0.29) is 11.6 Å². The molecule has 0 aromatic carbocycles. The zero-order valence-corrected chi connectivity index (χ0v) is 15.1. The molecule has 0 fully saturated rings. The van der Waals surface area contributed by atoms with Gasteiger partial charge in [-0.05, 0) is 25.1 Å². The number of carbonyl (C=O) groups is 1. The molecule has 1 unspecified atom stereocenters. The quantitative estimate of drug-likeness (QED) is 0.466. The molecular weight excluding hydrogens is 376 g/mol. The van der Waals surface area contributed by atoms with Crippen LogP contribution in [0.4, 0.5) is 5.95 Å². The van der Waals surface area contributed by atoms with E-state index in [2.05, 4.69) is 25.1 Å². The number of anilines is 1. The van der Waals surface area contributed by atoms with Crippen molar-refractivity contribution in [1.29, 1.82) is 0 Å². The number of aliphatic carboxylic acids is 1. The van der Waals surface area contributed by atoms with E-state index in [0.29, 0.717) is 28.2 Å². The summed E-state index contributed by atoms with van der Waals surface area (Å²) in [5.74, 6) is -0.275. The third kappa shape index (κ3) is 2.30. The van der Waals surface area contributed by atoms with Crippen LogP contribution in [-0.4, -0.2) is 45.4 Å². The maximum Gasteiger partial charge on any atom is 0.336 e. The van der Waals surface area contributed by atoms with E-state index in [4.69, 9.17) is 10.2 Å². The summed E-state index contributed by atoms with van der Waals surface area (Å²) >= 11 is 0. The topological polar surface area (TPSA) is 150 Å². The SMILES string of the molecule is CC(C(=O)O)(c1cccnc1)n1ncc2c1nc(N)n1nc(-c3ccco3)nc21. The molecule has 0 spiro atoms. The number of rotatable bonds is 4. The molecule has 0 aliphatic heterocycles. The minimum Gasteiger partial charge on any atom is -0.479 e. The van der Waals surface area contributed by atoms with Crippen LogP contribution in [0.25, 0.3) is 28.3 Å². The van der Waals surface area contributed by atoms with Crippen molar-refractivity contribution in [2.75, 3.05) is 5.73 Å². The Labute approximate surface area is 162 Å². The monoisotopic (exact) mass is 390 g/mol. The highest BCUT2D eigenvalue weighted by molar-refractivity contribution is 5.92. The Kier molecular flexibility index (Phi) is 3.41. The molecule has 1 atom stereocenters. The van der Waals surface area contributed by atoms with Gasteiger partial charge in [-0.15, -0.1) is 5.10 Å². The van der Waals surface area contributed by atoms with Gasteiger partial charge in [-0.25, -0.2) is 14.5 Å². The fourth-order valence-electron chi connectivity index (χ4n) is 3.23. The van der Waals surface area contributed by atoms with Crippen LogP contribution < -0.4 is 5.73 Å². The summed E-state index contributed by atoms with van der Waals surface area (Å²) in [7, 11) is 0. The molecule has 0 amide bonds. The van der Waals surface area contributed by atoms with E-state index in [9.17, 15) is 9.90 Å². The van der Waals surface area contributed by atoms with E-state index in [1.54, 1.807) is 30.5 Å². The van der Waals surface area contributed by atoms with Crippen LogP contribution in [0.1, 0.15) is 12.5 Å². The van der Waals surface area contributed by atoms with Crippen LogP contribution in [0, 0.1) is 0 Å². The molecule has 0 saturated carbocycles. The highest BCUT2D eigenvalue weighted by Gasteiger charge is 2.40. The van der Waals surface area contributed by atoms with Crippen LogP contribution in [0.15, 0.2) is 53.5 Å². The molecule has 144 valence electrons. The maximum atomic E-state index is 12.3. The van der Waals surface area contributed by atoms with Gasteiger partial charge in [0.15, 0.2) is 22.6 Å². The van der Waals surface area contributed by atoms with Gasteiger partial charge in [0.1, 0.15) is 0 Å². The third-order valence-electron chi connectivity index (χ3n) is 4.83. The van der Waals surface area contributed by atoms with Gasteiger partial charge in [0.05, 0.1) is 17.8 Å². The fraction of sp³-hybridized carbons (Fsp3) is 0.111. The molecule has 11 nitrogen and oxygen atoms in total. The molecule has 5 aromatic heterocycles. The number of hydrogen-bond acceptors (Lipinski definition) is 8. The first-order chi connectivity index (χ1) is 14.0. The predicted molar refractivity (Wildman–Crippen MR) is 101 cm³/mol. The molecule has 5 heterocycles. The Hall–Kier alpha value is -4.28. The van der Waals surface area contributed by atoms with Crippen molar-refractivity contribution < 1.29 is 14.3 Å². The minimum atomic E-state index is -1.56. The molecule has 5 rings (SSSR count). The lowest BCUT2D eigenvalue weighted by Crippen LogP contribution is -2.41. The summed E-state index contributed by atoms with van der Waals surface area (Å²) in [6.45, 7) is 1.53. The Bertz CT molecular complexity index is 1360. The second-order valence-electron chi connectivity index (χ2n) is 6.53. The molecule has 0 aliphatic carbocycles. The molecule has 11 heteroatoms. The number of nitrogens with two attached hydrogens (primary N) is 1. The van der Waals surface area contributed by atoms with E-state index in [1.165, 1.54) is 34.8 Å². The standard InChI is InChI=1S/C18H14N8O3/c1-18(16(27)28,10-4-2-6-20-8-10)26-15-11(9-21-26)14-22-13(12-5-3-7-29-12)24-25(14)17(19)23-15/h2-9H,1H3,(H2,19,23)(H,27,28). The number of fused-ring (bicyclic) bond motifs is 3. The second kappa shape index (κ2) is 5.86. The Morgan fingerprint density at radius 2 is 2.07 bits per heavy atom. The summed E-state index contributed by atoms with van der Waals surface area (Å²) in [5.41, 5.74) is 5.63. The average Bonchev–Trinajstić information content (AvgIpc) is 3.46. The molecule has 3 N–H and O–H groups in total. The van der Waals surface area contributed by atoms with Gasteiger partial charge in [-0.1, -0.05) is 6.07 Å². The average molecular weight is 390 g/mol. The molecule has 29 heavy (non-hydrogen) atoms. The van der Waals surface area contributed by atoms with Gasteiger partial charge in [0.2, 0.25) is 11.8 Å². The van der Waals surface area contributed by atoms with E-state index in [1.807, 2.05) is 0 Å². The second-order valence-corrected chi connectivity index (χ2v) is 6.53. The van der Waals surface area contributed by atoms with Gasteiger partial charge in [0.25, 0.3) is 0 Å². The van der Waals surface area contributed by atoms with Gasteiger partial charge in [-0.2, -0.15) is 14.6 Å². The number of aromatic nitrogens is 7. The zero-order valence-electron chi connectivity index (χ0n) is 15.1. The minimum absolute atomic E-state index is 0.0403. The third-order valence-corrected chi connectivity index (χ3v) is 4.83. The summed E-state index contributed by atoms with van der Waals surface area (Å²) < 4.78 is 8.02. The largest absolute Gasteiger partial charge is 0.479 e. The number of nitrogens with zero attached hydrogens (tertiary/aromatic N) is 7. The summed E-state index contributed by atoms with van der Waals surface area (Å²) in [4.78, 5) is 25.2. The van der Waals surface area contributed by atoms with Crippen LogP contribution >= 0.6 is 0 Å². The highest BCUT2D eigenvalue weighted by atomic mass is 16.4. The van der Waals surface area contributed by atoms with Crippen molar-refractivity contribution in [3.8, 4) is 11.6 Å². The highest BCUT2D eigenvalue weighted by Crippen LogP contribution is 2.31. The lowest BCUT2D eigenvalue weighted by Gasteiger charge is -2.25. The van der Waals surface area contributed by atoms with Crippen molar-refractivity contribution in [2.45, 2.75) is 12.5 Å². The number of furan rings is 1. The maximum absolute atomic E-state index is 12.3. The first-order valence-corrected chi connectivity index (χ1v) is 8.58. The van der Waals surface area contributed by atoms with E-state index >= 15 is 0 Å². The summed E-state index contributed by atoms with van der Waals surface area (Å²) in [6, 6.07) is 6.78. The van der Waals surface area contributed by atoms with Gasteiger partial charge < -0.3 is 15.3 Å². The van der Waals surface area contributed by atoms with Crippen LogP contribution in [-0.2, 0) is 10.3 Å². The summed E-state index contributed by atoms with van der Waals surface area (Å²) in [6.07, 6.45) is 6.06. The van der Waals surface area contributed by atoms with Crippen LogP contribution in [0.2, 0.25) is 0 Å². The van der Waals surface area contributed by atoms with Gasteiger partial charge in [-0.3, -0.25) is 4.98 Å². The molecule has 5 aromatic rings. The van der Waals surface area contributed by atoms with Gasteiger partial charge in [0, 0.05) is 18.0 Å². The summed E-state index contributed by atoms with van der Waals surface area (Å²) in [5, 5.41) is 19.2. The van der Waals surface area contributed by atoms with E-state index < -0.39 is 11.5 Å². The molecule has 0 saturated heterocycles. The molecule has 0 aliphatic rings. The Morgan fingerprint density at radius 1 is 1.21 bits per heavy atom. The Morgan fingerprint density at radius 3 is 2.76 bits per heavy atom. The molecular formula is C18H14N8O3. The number of carboxylic acids is 1. The van der Waals surface area contributed by atoms with Crippen LogP contribution in [0.3, 0.4) is 0 Å². The smallest absolute Gasteiger partial charge is 0.336 e. The molecule has 0 bridgehead atoms. The zero-order chi connectivity index (χ0) is 20.2. The predicted octanol–water partition coefficient (Wildman–Crippen LogP) is 1.56. The Balaban J connectivity index is 1.79. The number of carboxylic acid groups (broad SMARTS) is 1. The van der Waals surface area contributed by atoms with Crippen molar-refractivity contribution in [2.24, 2.45) is 0 Å². The van der Waals surface area contributed by atoms with E-state index in [0.717, 1.165) is 0 Å². The van der Waals surface area contributed by atoms with Crippen molar-refractivity contribution >= 4 is 28.6 Å². The van der Waals surface area contributed by atoms with Gasteiger partial charge >= 0.3 is 5.97 Å². The number of pyridine rings is 1.